The van der Waals surface area contributed by atoms with Gasteiger partial charge in [0.2, 0.25) is 0 Å². The number of aromatic nitrogens is 2. The largest absolute Gasteiger partial charge is 0.264 e. The standard InChI is InChI=1S/C13H10N2/c1-9-7-14-8-11-6-10-4-2-3-5-12(10)15-13(9)11/h2-8H,1H3. The Hall–Kier alpha value is -1.96. The van der Waals surface area contributed by atoms with E-state index in [1.54, 1.807) is 0 Å². The van der Waals surface area contributed by atoms with Crippen molar-refractivity contribution in [1.29, 1.82) is 0 Å². The third-order valence-corrected chi connectivity index (χ3v) is 2.61. The first-order chi connectivity index (χ1) is 7.34. The molecule has 0 bridgehead atoms. The number of aryl methyl sites for hydroxylation is 1. The Labute approximate surface area is 87.6 Å². The quantitative estimate of drug-likeness (QED) is 0.514. The van der Waals surface area contributed by atoms with Crippen molar-refractivity contribution in [2.45, 2.75) is 6.92 Å². The molecule has 0 atom stereocenters. The summed E-state index contributed by atoms with van der Waals surface area (Å²) in [6.07, 6.45) is 3.71. The number of para-hydroxylation sites is 1. The number of pyridine rings is 2. The van der Waals surface area contributed by atoms with Crippen molar-refractivity contribution in [2.24, 2.45) is 0 Å². The average molecular weight is 194 g/mol. The molecule has 0 aliphatic heterocycles. The van der Waals surface area contributed by atoms with E-state index in [4.69, 9.17) is 0 Å². The second-order valence-electron chi connectivity index (χ2n) is 3.71. The van der Waals surface area contributed by atoms with Crippen molar-refractivity contribution in [3.05, 3.63) is 48.3 Å². The molecule has 0 radical (unpaired) electrons. The summed E-state index contributed by atoms with van der Waals surface area (Å²) in [7, 11) is 0. The fourth-order valence-corrected chi connectivity index (χ4v) is 1.84. The molecular weight excluding hydrogens is 184 g/mol. The first kappa shape index (κ1) is 8.36. The third-order valence-electron chi connectivity index (χ3n) is 2.61. The number of fused-ring (bicyclic) bond motifs is 2. The van der Waals surface area contributed by atoms with Crippen LogP contribution in [-0.2, 0) is 0 Å². The Morgan fingerprint density at radius 2 is 1.87 bits per heavy atom. The topological polar surface area (TPSA) is 25.8 Å². The van der Waals surface area contributed by atoms with Gasteiger partial charge >= 0.3 is 0 Å². The monoisotopic (exact) mass is 194 g/mol. The second kappa shape index (κ2) is 3.02. The van der Waals surface area contributed by atoms with Crippen molar-refractivity contribution >= 4 is 21.8 Å². The fourth-order valence-electron chi connectivity index (χ4n) is 1.84. The smallest absolute Gasteiger partial charge is 0.0769 e. The highest BCUT2D eigenvalue weighted by Gasteiger charge is 2.01. The van der Waals surface area contributed by atoms with Gasteiger partial charge in [-0.15, -0.1) is 0 Å². The lowest BCUT2D eigenvalue weighted by atomic mass is 10.1. The predicted molar refractivity (Wildman–Crippen MR) is 61.8 cm³/mol. The molecule has 2 nitrogen and oxygen atoms in total. The third kappa shape index (κ3) is 1.26. The van der Waals surface area contributed by atoms with Gasteiger partial charge in [0, 0.05) is 23.2 Å². The molecule has 2 aromatic heterocycles. The number of nitrogens with zero attached hydrogens (tertiary/aromatic N) is 2. The predicted octanol–water partition coefficient (Wildman–Crippen LogP) is 3.09. The van der Waals surface area contributed by atoms with Crippen LogP contribution in [0.4, 0.5) is 0 Å². The number of benzene rings is 1. The molecule has 0 fully saturated rings. The van der Waals surface area contributed by atoms with Crippen molar-refractivity contribution in [2.75, 3.05) is 0 Å². The van der Waals surface area contributed by atoms with Crippen molar-refractivity contribution in [3.8, 4) is 0 Å². The minimum atomic E-state index is 1.04. The minimum Gasteiger partial charge on any atom is -0.264 e. The summed E-state index contributed by atoms with van der Waals surface area (Å²) in [6, 6.07) is 10.3. The van der Waals surface area contributed by atoms with Gasteiger partial charge in [0.15, 0.2) is 0 Å². The van der Waals surface area contributed by atoms with Crippen LogP contribution in [0.5, 0.6) is 0 Å². The van der Waals surface area contributed by atoms with Crippen LogP contribution in [0.25, 0.3) is 21.8 Å². The number of hydrogen-bond donors (Lipinski definition) is 0. The zero-order valence-corrected chi connectivity index (χ0v) is 8.44. The van der Waals surface area contributed by atoms with Gasteiger partial charge in [-0.05, 0) is 24.6 Å². The van der Waals surface area contributed by atoms with Crippen molar-refractivity contribution in [3.63, 3.8) is 0 Å². The lowest BCUT2D eigenvalue weighted by Crippen LogP contribution is -1.86. The van der Waals surface area contributed by atoms with Crippen LogP contribution >= 0.6 is 0 Å². The van der Waals surface area contributed by atoms with Gasteiger partial charge in [0.1, 0.15) is 0 Å². The lowest BCUT2D eigenvalue weighted by Gasteiger charge is -2.02. The highest BCUT2D eigenvalue weighted by atomic mass is 14.7. The molecule has 2 heteroatoms. The van der Waals surface area contributed by atoms with Crippen LogP contribution in [-0.4, -0.2) is 9.97 Å². The van der Waals surface area contributed by atoms with Gasteiger partial charge in [-0.25, -0.2) is 4.98 Å². The van der Waals surface area contributed by atoms with Crippen molar-refractivity contribution < 1.29 is 0 Å². The molecule has 3 aromatic rings. The minimum absolute atomic E-state index is 1.04. The molecule has 2 heterocycles. The first-order valence-electron chi connectivity index (χ1n) is 4.95. The summed E-state index contributed by atoms with van der Waals surface area (Å²) in [6.45, 7) is 2.04. The van der Waals surface area contributed by atoms with E-state index in [0.29, 0.717) is 0 Å². The van der Waals surface area contributed by atoms with Gasteiger partial charge in [0.25, 0.3) is 0 Å². The molecular formula is C13H10N2. The fraction of sp³-hybridized carbons (Fsp3) is 0.0769. The Morgan fingerprint density at radius 1 is 1.00 bits per heavy atom. The normalized spacial score (nSPS) is 11.0. The molecule has 0 saturated heterocycles. The zero-order chi connectivity index (χ0) is 10.3. The van der Waals surface area contributed by atoms with Gasteiger partial charge < -0.3 is 0 Å². The SMILES string of the molecule is Cc1cncc2cc3ccccc3nc12. The van der Waals surface area contributed by atoms with Crippen molar-refractivity contribution in [1.82, 2.24) is 9.97 Å². The maximum Gasteiger partial charge on any atom is 0.0769 e. The summed E-state index contributed by atoms with van der Waals surface area (Å²) in [4.78, 5) is 8.82. The maximum atomic E-state index is 4.64. The molecule has 0 amide bonds. The Kier molecular flexibility index (Phi) is 1.68. The van der Waals surface area contributed by atoms with Crippen LogP contribution in [0, 0.1) is 6.92 Å². The zero-order valence-electron chi connectivity index (χ0n) is 8.44. The van der Waals surface area contributed by atoms with Crippen LogP contribution in [0.3, 0.4) is 0 Å². The Bertz CT molecular complexity index is 644. The highest BCUT2D eigenvalue weighted by Crippen LogP contribution is 2.20. The summed E-state index contributed by atoms with van der Waals surface area (Å²) in [5, 5.41) is 2.27. The van der Waals surface area contributed by atoms with E-state index < -0.39 is 0 Å². The van der Waals surface area contributed by atoms with Gasteiger partial charge in [-0.3, -0.25) is 4.98 Å². The highest BCUT2D eigenvalue weighted by molar-refractivity contribution is 5.93. The average Bonchev–Trinajstić information content (AvgIpc) is 2.27. The number of hydrogen-bond acceptors (Lipinski definition) is 2. The molecule has 3 rings (SSSR count). The summed E-state index contributed by atoms with van der Waals surface area (Å²) >= 11 is 0. The molecule has 0 aliphatic carbocycles. The van der Waals surface area contributed by atoms with Crippen LogP contribution in [0.15, 0.2) is 42.7 Å². The molecule has 72 valence electrons. The van der Waals surface area contributed by atoms with E-state index in [9.17, 15) is 0 Å². The molecule has 0 aliphatic rings. The van der Waals surface area contributed by atoms with E-state index >= 15 is 0 Å². The molecule has 0 spiro atoms. The van der Waals surface area contributed by atoms with Gasteiger partial charge in [0.05, 0.1) is 11.0 Å². The Balaban J connectivity index is 2.53. The van der Waals surface area contributed by atoms with E-state index in [-0.39, 0.29) is 0 Å². The molecule has 15 heavy (non-hydrogen) atoms. The Morgan fingerprint density at radius 3 is 2.80 bits per heavy atom. The second-order valence-corrected chi connectivity index (χ2v) is 3.71. The van der Waals surface area contributed by atoms with E-state index in [1.165, 1.54) is 0 Å². The van der Waals surface area contributed by atoms with Crippen LogP contribution < -0.4 is 0 Å². The summed E-state index contributed by atoms with van der Waals surface area (Å²) < 4.78 is 0. The van der Waals surface area contributed by atoms with E-state index in [0.717, 1.165) is 27.4 Å². The van der Waals surface area contributed by atoms with Gasteiger partial charge in [-0.2, -0.15) is 0 Å². The van der Waals surface area contributed by atoms with Gasteiger partial charge in [-0.1, -0.05) is 18.2 Å². The lowest BCUT2D eigenvalue weighted by molar-refractivity contribution is 1.29. The van der Waals surface area contributed by atoms with Crippen LogP contribution in [0.1, 0.15) is 5.56 Å². The number of rotatable bonds is 0. The molecule has 0 N–H and O–H groups in total. The molecule has 1 aromatic carbocycles. The molecule has 0 saturated carbocycles. The summed E-state index contributed by atoms with van der Waals surface area (Å²) in [5.74, 6) is 0. The van der Waals surface area contributed by atoms with Crippen LogP contribution in [0.2, 0.25) is 0 Å². The van der Waals surface area contributed by atoms with E-state index in [1.807, 2.05) is 37.5 Å². The van der Waals surface area contributed by atoms with E-state index in [2.05, 4.69) is 22.1 Å². The maximum absolute atomic E-state index is 4.64. The first-order valence-corrected chi connectivity index (χ1v) is 4.95. The summed E-state index contributed by atoms with van der Waals surface area (Å²) in [5.41, 5.74) is 3.21. The molecule has 0 unspecified atom stereocenters.